The number of hydrogen-bond donors (Lipinski definition) is 2. The number of fused-ring (bicyclic) bond motifs is 1. The van der Waals surface area contributed by atoms with Crippen LogP contribution in [0.2, 0.25) is 0 Å². The highest BCUT2D eigenvalue weighted by molar-refractivity contribution is 5.98. The van der Waals surface area contributed by atoms with Crippen molar-refractivity contribution in [2.75, 3.05) is 30.0 Å². The van der Waals surface area contributed by atoms with Crippen LogP contribution in [0.25, 0.3) is 0 Å². The molecule has 0 bridgehead atoms. The number of anilines is 2. The minimum Gasteiger partial charge on any atom is -0.486 e. The second-order valence-corrected chi connectivity index (χ2v) is 6.50. The van der Waals surface area contributed by atoms with Gasteiger partial charge in [0.2, 0.25) is 5.91 Å². The monoisotopic (exact) mass is 368 g/mol. The molecule has 1 aromatic carbocycles. The van der Waals surface area contributed by atoms with E-state index in [2.05, 4.69) is 15.6 Å². The molecule has 4 rings (SSSR count). The van der Waals surface area contributed by atoms with Crippen molar-refractivity contribution in [3.63, 3.8) is 0 Å². The van der Waals surface area contributed by atoms with Gasteiger partial charge in [0.15, 0.2) is 11.5 Å². The Balaban J connectivity index is 1.40. The largest absolute Gasteiger partial charge is 0.486 e. The van der Waals surface area contributed by atoms with Gasteiger partial charge in [-0.25, -0.2) is 9.78 Å². The smallest absolute Gasteiger partial charge is 0.320 e. The molecule has 2 aliphatic heterocycles. The van der Waals surface area contributed by atoms with Gasteiger partial charge in [0.05, 0.1) is 6.04 Å². The van der Waals surface area contributed by atoms with Crippen LogP contribution >= 0.6 is 0 Å². The Morgan fingerprint density at radius 2 is 2.04 bits per heavy atom. The predicted octanol–water partition coefficient (Wildman–Crippen LogP) is 2.09. The van der Waals surface area contributed by atoms with Crippen LogP contribution in [0.5, 0.6) is 11.5 Å². The number of carbonyl (C=O) groups is 2. The van der Waals surface area contributed by atoms with Crippen LogP contribution in [-0.2, 0) is 4.79 Å². The predicted molar refractivity (Wildman–Crippen MR) is 99.3 cm³/mol. The molecule has 1 atom stereocenters. The van der Waals surface area contributed by atoms with Crippen molar-refractivity contribution in [2.24, 2.45) is 0 Å². The second kappa shape index (κ2) is 7.14. The summed E-state index contributed by atoms with van der Waals surface area (Å²) in [5.74, 6) is 1.76. The van der Waals surface area contributed by atoms with E-state index in [1.807, 2.05) is 19.1 Å². The molecule has 8 heteroatoms. The summed E-state index contributed by atoms with van der Waals surface area (Å²) in [6.45, 7) is 3.27. The molecular formula is C19H20N4O4. The van der Waals surface area contributed by atoms with Crippen LogP contribution in [0.15, 0.2) is 36.5 Å². The van der Waals surface area contributed by atoms with Crippen molar-refractivity contribution in [1.82, 2.24) is 10.3 Å². The van der Waals surface area contributed by atoms with Gasteiger partial charge in [0, 0.05) is 30.9 Å². The van der Waals surface area contributed by atoms with Crippen molar-refractivity contribution < 1.29 is 19.1 Å². The minimum absolute atomic E-state index is 0.0500. The quantitative estimate of drug-likeness (QED) is 0.865. The highest BCUT2D eigenvalue weighted by atomic mass is 16.6. The number of aromatic nitrogens is 1. The molecule has 2 aromatic rings. The zero-order valence-corrected chi connectivity index (χ0v) is 14.9. The summed E-state index contributed by atoms with van der Waals surface area (Å²) in [5, 5.41) is 5.56. The van der Waals surface area contributed by atoms with E-state index in [0.717, 1.165) is 11.3 Å². The Bertz CT molecular complexity index is 886. The van der Waals surface area contributed by atoms with Crippen LogP contribution in [0.1, 0.15) is 12.0 Å². The third-order valence-electron chi connectivity index (χ3n) is 4.54. The average Bonchev–Trinajstić information content (AvgIpc) is 3.03. The number of benzene rings is 1. The highest BCUT2D eigenvalue weighted by Crippen LogP contribution is 2.35. The number of nitrogens with zero attached hydrogens (tertiary/aromatic N) is 2. The number of aryl methyl sites for hydroxylation is 1. The molecule has 2 N–H and O–H groups in total. The normalized spacial score (nSPS) is 18.3. The molecule has 140 valence electrons. The maximum Gasteiger partial charge on any atom is 0.320 e. The molecule has 0 spiro atoms. The van der Waals surface area contributed by atoms with Crippen LogP contribution in [0.3, 0.4) is 0 Å². The zero-order chi connectivity index (χ0) is 18.8. The zero-order valence-electron chi connectivity index (χ0n) is 14.9. The van der Waals surface area contributed by atoms with Gasteiger partial charge >= 0.3 is 6.03 Å². The molecule has 2 aliphatic rings. The number of hydrogen-bond acceptors (Lipinski definition) is 5. The molecule has 0 unspecified atom stereocenters. The summed E-state index contributed by atoms with van der Waals surface area (Å²) in [7, 11) is 0. The fourth-order valence-electron chi connectivity index (χ4n) is 3.20. The first-order chi connectivity index (χ1) is 13.1. The fraction of sp³-hybridized carbons (Fsp3) is 0.316. The van der Waals surface area contributed by atoms with Crippen LogP contribution in [0, 0.1) is 6.92 Å². The number of nitrogens with one attached hydrogen (secondary N) is 2. The van der Waals surface area contributed by atoms with Crippen LogP contribution in [0.4, 0.5) is 16.3 Å². The maximum atomic E-state index is 12.4. The van der Waals surface area contributed by atoms with E-state index in [1.165, 1.54) is 0 Å². The lowest BCUT2D eigenvalue weighted by molar-refractivity contribution is -0.117. The maximum absolute atomic E-state index is 12.4. The Morgan fingerprint density at radius 1 is 1.22 bits per heavy atom. The van der Waals surface area contributed by atoms with E-state index < -0.39 is 0 Å². The lowest BCUT2D eigenvalue weighted by Crippen LogP contribution is -2.40. The molecule has 3 heterocycles. The molecule has 0 radical (unpaired) electrons. The minimum atomic E-state index is -0.376. The van der Waals surface area contributed by atoms with Crippen LogP contribution < -0.4 is 25.0 Å². The SMILES string of the molecule is Cc1cccnc1NC(=O)N[C@H]1CC(=O)N(c2ccc3c(c2)OCCO3)C1. The van der Waals surface area contributed by atoms with Crippen molar-refractivity contribution >= 4 is 23.4 Å². The number of rotatable bonds is 3. The summed E-state index contributed by atoms with van der Waals surface area (Å²) in [4.78, 5) is 30.4. The summed E-state index contributed by atoms with van der Waals surface area (Å²) in [5.41, 5.74) is 1.60. The summed E-state index contributed by atoms with van der Waals surface area (Å²) in [6.07, 6.45) is 1.86. The van der Waals surface area contributed by atoms with E-state index in [0.29, 0.717) is 37.1 Å². The Kier molecular flexibility index (Phi) is 4.53. The second-order valence-electron chi connectivity index (χ2n) is 6.50. The van der Waals surface area contributed by atoms with Crippen molar-refractivity contribution in [1.29, 1.82) is 0 Å². The van der Waals surface area contributed by atoms with Crippen molar-refractivity contribution in [2.45, 2.75) is 19.4 Å². The third kappa shape index (κ3) is 3.64. The van der Waals surface area contributed by atoms with E-state index in [1.54, 1.807) is 29.3 Å². The molecule has 1 saturated heterocycles. The van der Waals surface area contributed by atoms with Crippen LogP contribution in [-0.4, -0.2) is 42.7 Å². The fourth-order valence-corrected chi connectivity index (χ4v) is 3.20. The summed E-state index contributed by atoms with van der Waals surface area (Å²) in [6, 6.07) is 8.43. The Labute approximate surface area is 156 Å². The topological polar surface area (TPSA) is 92.8 Å². The highest BCUT2D eigenvalue weighted by Gasteiger charge is 2.32. The average molecular weight is 368 g/mol. The van der Waals surface area contributed by atoms with Gasteiger partial charge in [-0.2, -0.15) is 0 Å². The first kappa shape index (κ1) is 17.1. The van der Waals surface area contributed by atoms with Gasteiger partial charge in [-0.1, -0.05) is 6.07 Å². The Morgan fingerprint density at radius 3 is 2.85 bits per heavy atom. The number of carbonyl (C=O) groups excluding carboxylic acids is 2. The first-order valence-corrected chi connectivity index (χ1v) is 8.79. The van der Waals surface area contributed by atoms with E-state index in [9.17, 15) is 9.59 Å². The molecule has 1 fully saturated rings. The molecule has 3 amide bonds. The summed E-state index contributed by atoms with van der Waals surface area (Å²) < 4.78 is 11.1. The number of amides is 3. The molecule has 8 nitrogen and oxygen atoms in total. The molecule has 1 aromatic heterocycles. The lowest BCUT2D eigenvalue weighted by Gasteiger charge is -2.22. The number of ether oxygens (including phenoxy) is 2. The Hall–Kier alpha value is -3.29. The summed E-state index contributed by atoms with van der Waals surface area (Å²) >= 11 is 0. The van der Waals surface area contributed by atoms with Gasteiger partial charge in [0.25, 0.3) is 0 Å². The molecule has 0 saturated carbocycles. The molecular weight excluding hydrogens is 348 g/mol. The van der Waals surface area contributed by atoms with Crippen molar-refractivity contribution in [3.05, 3.63) is 42.1 Å². The molecule has 0 aliphatic carbocycles. The number of pyridine rings is 1. The van der Waals surface area contributed by atoms with Gasteiger partial charge < -0.3 is 19.7 Å². The van der Waals surface area contributed by atoms with Gasteiger partial charge in [0.1, 0.15) is 19.0 Å². The van der Waals surface area contributed by atoms with E-state index >= 15 is 0 Å². The standard InChI is InChI=1S/C19H20N4O4/c1-12-3-2-6-20-18(12)22-19(25)21-13-9-17(24)23(11-13)14-4-5-15-16(10-14)27-8-7-26-15/h2-6,10,13H,7-9,11H2,1H3,(H2,20,21,22,25)/t13-/m0/s1. The van der Waals surface area contributed by atoms with Gasteiger partial charge in [-0.05, 0) is 30.7 Å². The first-order valence-electron chi connectivity index (χ1n) is 8.79. The van der Waals surface area contributed by atoms with Crippen molar-refractivity contribution in [3.8, 4) is 11.5 Å². The van der Waals surface area contributed by atoms with E-state index in [4.69, 9.17) is 9.47 Å². The van der Waals surface area contributed by atoms with Gasteiger partial charge in [-0.15, -0.1) is 0 Å². The lowest BCUT2D eigenvalue weighted by atomic mass is 10.2. The van der Waals surface area contributed by atoms with E-state index in [-0.39, 0.29) is 24.4 Å². The number of urea groups is 1. The molecule has 27 heavy (non-hydrogen) atoms. The van der Waals surface area contributed by atoms with Gasteiger partial charge in [-0.3, -0.25) is 10.1 Å². The third-order valence-corrected chi connectivity index (χ3v) is 4.54.